The summed E-state index contributed by atoms with van der Waals surface area (Å²) >= 11 is 12.0. The smallest absolute Gasteiger partial charge is 0.244 e. The summed E-state index contributed by atoms with van der Waals surface area (Å²) in [5.41, 5.74) is 0.564. The molecule has 1 aliphatic carbocycles. The van der Waals surface area contributed by atoms with E-state index >= 15 is 0 Å². The Morgan fingerprint density at radius 3 is 2.71 bits per heavy atom. The fourth-order valence-corrected chi connectivity index (χ4v) is 3.03. The molecule has 5 heteroatoms. The lowest BCUT2D eigenvalue weighted by Crippen LogP contribution is -2.37. The first-order valence-corrected chi connectivity index (χ1v) is 7.83. The number of halogens is 2. The van der Waals surface area contributed by atoms with E-state index in [1.165, 1.54) is 6.08 Å². The van der Waals surface area contributed by atoms with Crippen LogP contribution in [0.15, 0.2) is 24.3 Å². The van der Waals surface area contributed by atoms with Gasteiger partial charge in [0.2, 0.25) is 5.91 Å². The number of aliphatic hydroxyl groups excluding tert-OH is 1. The molecule has 0 radical (unpaired) electrons. The highest BCUT2D eigenvalue weighted by molar-refractivity contribution is 6.42. The van der Waals surface area contributed by atoms with Crippen LogP contribution in [0.3, 0.4) is 0 Å². The van der Waals surface area contributed by atoms with E-state index in [1.54, 1.807) is 24.3 Å². The minimum absolute atomic E-state index is 0.122. The largest absolute Gasteiger partial charge is 0.396 e. The molecule has 1 aromatic rings. The maximum atomic E-state index is 11.9. The van der Waals surface area contributed by atoms with Crippen LogP contribution in [0.2, 0.25) is 10.0 Å². The molecular weight excluding hydrogens is 309 g/mol. The van der Waals surface area contributed by atoms with Gasteiger partial charge in [-0.15, -0.1) is 0 Å². The van der Waals surface area contributed by atoms with Crippen LogP contribution in [0.4, 0.5) is 0 Å². The molecule has 2 N–H and O–H groups in total. The monoisotopic (exact) mass is 327 g/mol. The van der Waals surface area contributed by atoms with Crippen LogP contribution in [0, 0.1) is 5.41 Å². The second-order valence-corrected chi connectivity index (χ2v) is 6.34. The first-order valence-electron chi connectivity index (χ1n) is 7.07. The summed E-state index contributed by atoms with van der Waals surface area (Å²) in [6, 6.07) is 5.28. The Kier molecular flexibility index (Phi) is 5.68. The second-order valence-electron chi connectivity index (χ2n) is 5.56. The molecule has 3 nitrogen and oxygen atoms in total. The molecular formula is C16H19Cl2NO2. The van der Waals surface area contributed by atoms with Gasteiger partial charge in [-0.2, -0.15) is 0 Å². The number of amides is 1. The van der Waals surface area contributed by atoms with Gasteiger partial charge in [-0.1, -0.05) is 48.2 Å². The molecule has 0 saturated heterocycles. The molecule has 0 unspecified atom stereocenters. The number of hydrogen-bond donors (Lipinski definition) is 2. The van der Waals surface area contributed by atoms with Gasteiger partial charge in [-0.25, -0.2) is 0 Å². The number of benzene rings is 1. The van der Waals surface area contributed by atoms with E-state index in [9.17, 15) is 9.90 Å². The van der Waals surface area contributed by atoms with Gasteiger partial charge in [0.05, 0.1) is 16.7 Å². The van der Waals surface area contributed by atoms with Gasteiger partial charge in [-0.05, 0) is 30.5 Å². The van der Waals surface area contributed by atoms with Gasteiger partial charge < -0.3 is 10.4 Å². The highest BCUT2D eigenvalue weighted by Crippen LogP contribution is 2.36. The molecule has 2 rings (SSSR count). The molecule has 0 aliphatic heterocycles. The normalized spacial score (nSPS) is 17.3. The van der Waals surface area contributed by atoms with E-state index < -0.39 is 0 Å². The molecule has 1 fully saturated rings. The zero-order valence-electron chi connectivity index (χ0n) is 11.7. The first-order chi connectivity index (χ1) is 10.1. The zero-order chi connectivity index (χ0) is 15.3. The van der Waals surface area contributed by atoms with Crippen molar-refractivity contribution in [2.45, 2.75) is 25.7 Å². The topological polar surface area (TPSA) is 49.3 Å². The Morgan fingerprint density at radius 1 is 1.33 bits per heavy atom. The van der Waals surface area contributed by atoms with Gasteiger partial charge in [0, 0.05) is 18.0 Å². The molecule has 21 heavy (non-hydrogen) atoms. The summed E-state index contributed by atoms with van der Waals surface area (Å²) in [5.74, 6) is -0.189. The van der Waals surface area contributed by atoms with Crippen molar-refractivity contribution in [1.29, 1.82) is 0 Å². The van der Waals surface area contributed by atoms with Crippen LogP contribution < -0.4 is 5.32 Å². The maximum absolute atomic E-state index is 11.9. The molecule has 1 aliphatic rings. The number of rotatable bonds is 5. The van der Waals surface area contributed by atoms with Crippen molar-refractivity contribution < 1.29 is 9.90 Å². The van der Waals surface area contributed by atoms with Gasteiger partial charge in [0.1, 0.15) is 0 Å². The molecule has 1 saturated carbocycles. The lowest BCUT2D eigenvalue weighted by Gasteiger charge is -2.26. The third kappa shape index (κ3) is 4.22. The molecule has 0 aromatic heterocycles. The number of hydrogen-bond acceptors (Lipinski definition) is 2. The lowest BCUT2D eigenvalue weighted by atomic mass is 9.87. The molecule has 1 aromatic carbocycles. The van der Waals surface area contributed by atoms with E-state index in [0.29, 0.717) is 22.2 Å². The van der Waals surface area contributed by atoms with Crippen LogP contribution in [0.5, 0.6) is 0 Å². The minimum atomic E-state index is -0.189. The van der Waals surface area contributed by atoms with Crippen molar-refractivity contribution in [3.05, 3.63) is 39.9 Å². The Bertz CT molecular complexity index is 537. The molecule has 114 valence electrons. The summed E-state index contributed by atoms with van der Waals surface area (Å²) < 4.78 is 0. The standard InChI is InChI=1S/C16H19Cl2NO2/c17-13-5-3-4-12(15(13)18)6-7-14(21)19-10-16(11-20)8-1-2-9-16/h3-7,20H,1-2,8-11H2,(H,19,21)/b7-6+. The van der Waals surface area contributed by atoms with Gasteiger partial charge in [0.15, 0.2) is 0 Å². The van der Waals surface area contributed by atoms with Crippen molar-refractivity contribution in [1.82, 2.24) is 5.32 Å². The SMILES string of the molecule is O=C(/C=C/c1cccc(Cl)c1Cl)NCC1(CO)CCCC1. The Hall–Kier alpha value is -1.03. The van der Waals surface area contributed by atoms with E-state index in [4.69, 9.17) is 23.2 Å². The van der Waals surface area contributed by atoms with Crippen LogP contribution in [0.25, 0.3) is 6.08 Å². The zero-order valence-corrected chi connectivity index (χ0v) is 13.3. The summed E-state index contributed by atoms with van der Waals surface area (Å²) in [6.45, 7) is 0.632. The third-order valence-electron chi connectivity index (χ3n) is 4.03. The fourth-order valence-electron chi connectivity index (χ4n) is 2.66. The summed E-state index contributed by atoms with van der Waals surface area (Å²) in [5, 5.41) is 13.3. The van der Waals surface area contributed by atoms with Gasteiger partial charge in [-0.3, -0.25) is 4.79 Å². The second kappa shape index (κ2) is 7.30. The molecule has 0 spiro atoms. The molecule has 0 heterocycles. The van der Waals surface area contributed by atoms with Crippen LogP contribution in [0.1, 0.15) is 31.2 Å². The predicted molar refractivity (Wildman–Crippen MR) is 86.5 cm³/mol. The van der Waals surface area contributed by atoms with Crippen molar-refractivity contribution in [2.24, 2.45) is 5.41 Å². The Labute approximate surface area is 134 Å². The minimum Gasteiger partial charge on any atom is -0.396 e. The number of aliphatic hydroxyl groups is 1. The number of nitrogens with one attached hydrogen (secondary N) is 1. The number of carbonyl (C=O) groups excluding carboxylic acids is 1. The van der Waals surface area contributed by atoms with Gasteiger partial charge in [0.25, 0.3) is 0 Å². The quantitative estimate of drug-likeness (QED) is 0.810. The summed E-state index contributed by atoms with van der Waals surface area (Å²) in [4.78, 5) is 11.9. The average Bonchev–Trinajstić information content (AvgIpc) is 2.96. The van der Waals surface area contributed by atoms with Crippen molar-refractivity contribution in [3.8, 4) is 0 Å². The average molecular weight is 328 g/mol. The van der Waals surface area contributed by atoms with E-state index in [0.717, 1.165) is 25.7 Å². The van der Waals surface area contributed by atoms with Crippen molar-refractivity contribution in [2.75, 3.05) is 13.2 Å². The molecule has 0 atom stereocenters. The molecule has 1 amide bonds. The van der Waals surface area contributed by atoms with E-state index in [-0.39, 0.29) is 17.9 Å². The van der Waals surface area contributed by atoms with Crippen LogP contribution in [-0.4, -0.2) is 24.2 Å². The maximum Gasteiger partial charge on any atom is 0.244 e. The fraction of sp³-hybridized carbons (Fsp3) is 0.438. The van der Waals surface area contributed by atoms with Gasteiger partial charge >= 0.3 is 0 Å². The van der Waals surface area contributed by atoms with Crippen molar-refractivity contribution >= 4 is 35.2 Å². The third-order valence-corrected chi connectivity index (χ3v) is 4.87. The Morgan fingerprint density at radius 2 is 2.05 bits per heavy atom. The predicted octanol–water partition coefficient (Wildman–Crippen LogP) is 3.68. The summed E-state index contributed by atoms with van der Waals surface area (Å²) in [7, 11) is 0. The Balaban J connectivity index is 1.92. The van der Waals surface area contributed by atoms with Crippen molar-refractivity contribution in [3.63, 3.8) is 0 Å². The molecule has 0 bridgehead atoms. The highest BCUT2D eigenvalue weighted by Gasteiger charge is 2.33. The lowest BCUT2D eigenvalue weighted by molar-refractivity contribution is -0.117. The summed E-state index contributed by atoms with van der Waals surface area (Å²) in [6.07, 6.45) is 7.25. The van der Waals surface area contributed by atoms with Crippen LogP contribution in [-0.2, 0) is 4.79 Å². The van der Waals surface area contributed by atoms with Crippen LogP contribution >= 0.6 is 23.2 Å². The first kappa shape index (κ1) is 16.3. The van der Waals surface area contributed by atoms with E-state index in [1.807, 2.05) is 0 Å². The number of carbonyl (C=O) groups is 1. The highest BCUT2D eigenvalue weighted by atomic mass is 35.5. The van der Waals surface area contributed by atoms with E-state index in [2.05, 4.69) is 5.32 Å².